The fourth-order valence-electron chi connectivity index (χ4n) is 3.54. The highest BCUT2D eigenvalue weighted by atomic mass is 32.2. The molecule has 0 N–H and O–H groups in total. The summed E-state index contributed by atoms with van der Waals surface area (Å²) in [5, 5.41) is 0. The lowest BCUT2D eigenvalue weighted by molar-refractivity contribution is -0.114. The Balaban J connectivity index is 1.89. The number of fused-ring (bicyclic) bond motifs is 1. The molecule has 2 aliphatic heterocycles. The zero-order valence-electron chi connectivity index (χ0n) is 14.8. The molecule has 0 bridgehead atoms. The van der Waals surface area contributed by atoms with Gasteiger partial charge in [-0.3, -0.25) is 4.79 Å². The van der Waals surface area contributed by atoms with Crippen LogP contribution in [-0.2, 0) is 19.6 Å². The van der Waals surface area contributed by atoms with Crippen molar-refractivity contribution in [1.82, 2.24) is 4.31 Å². The van der Waals surface area contributed by atoms with Gasteiger partial charge in [-0.2, -0.15) is 4.31 Å². The third-order valence-corrected chi connectivity index (χ3v) is 6.75. The monoisotopic (exact) mass is 361 g/mol. The number of hydrogen-bond acceptors (Lipinski definition) is 4. The number of hydrogen-bond donors (Lipinski definition) is 0. The first-order valence-corrected chi connectivity index (χ1v) is 9.86. The summed E-state index contributed by atoms with van der Waals surface area (Å²) in [4.78, 5) is 12.2. The summed E-state index contributed by atoms with van der Waals surface area (Å²) >= 11 is 0. The molecule has 0 radical (unpaired) electrons. The van der Waals surface area contributed by atoms with Gasteiger partial charge in [0.2, 0.25) is 10.0 Å². The zero-order chi connectivity index (χ0) is 18.4. The van der Waals surface area contributed by atoms with Gasteiger partial charge in [-0.25, -0.2) is 8.42 Å². The third kappa shape index (κ3) is 3.04. The minimum absolute atomic E-state index is 0.0832. The van der Waals surface area contributed by atoms with E-state index in [-0.39, 0.29) is 35.8 Å². The predicted octanol–water partition coefficient (Wildman–Crippen LogP) is 2.82. The minimum atomic E-state index is -3.59. The predicted molar refractivity (Wildman–Crippen MR) is 95.4 cm³/mol. The number of Topliss-reactive ketones (excluding diaryl/α,β-unsaturated/α-hetero) is 1. The number of ether oxygens (including phenoxy) is 1. The highest BCUT2D eigenvalue weighted by Gasteiger charge is 2.46. The molecule has 1 fully saturated rings. The summed E-state index contributed by atoms with van der Waals surface area (Å²) in [5.74, 6) is 0.350. The smallest absolute Gasteiger partial charge is 0.243 e. The van der Waals surface area contributed by atoms with Crippen LogP contribution in [0.25, 0.3) is 0 Å². The van der Waals surface area contributed by atoms with E-state index in [1.807, 2.05) is 13.8 Å². The van der Waals surface area contributed by atoms with Crippen molar-refractivity contribution in [3.63, 3.8) is 0 Å². The van der Waals surface area contributed by atoms with Crippen LogP contribution in [0.3, 0.4) is 0 Å². The highest BCUT2D eigenvalue weighted by molar-refractivity contribution is 7.89. The number of carbonyl (C=O) groups is 1. The van der Waals surface area contributed by atoms with Crippen LogP contribution in [-0.4, -0.2) is 37.7 Å². The second-order valence-corrected chi connectivity index (χ2v) is 8.57. The van der Waals surface area contributed by atoms with Crippen molar-refractivity contribution in [3.05, 3.63) is 53.3 Å². The second-order valence-electron chi connectivity index (χ2n) is 6.63. The van der Waals surface area contributed by atoms with E-state index < -0.39 is 10.0 Å². The lowest BCUT2D eigenvalue weighted by atomic mass is 9.86. The van der Waals surface area contributed by atoms with Gasteiger partial charge in [0.1, 0.15) is 11.9 Å². The van der Waals surface area contributed by atoms with Crippen LogP contribution in [0.15, 0.2) is 52.6 Å². The standard InChI is InChI=1S/C19H23NO4S/c1-5-17-19(14(4)21)13(3)16-10-20(11-18(16)24-17)25(22,23)15-8-6-12(2)7-9-15/h6-9,16,18H,3,5,10-11H2,1-2,4H3/t16-,18-/m1/s1. The Labute approximate surface area is 149 Å². The van der Waals surface area contributed by atoms with Crippen molar-refractivity contribution < 1.29 is 17.9 Å². The second kappa shape index (κ2) is 6.42. The molecule has 1 aromatic rings. The van der Waals surface area contributed by atoms with Crippen molar-refractivity contribution in [3.8, 4) is 0 Å². The number of sulfonamides is 1. The number of carbonyl (C=O) groups excluding carboxylic acids is 1. The van der Waals surface area contributed by atoms with Crippen LogP contribution in [0.5, 0.6) is 0 Å². The lowest BCUT2D eigenvalue weighted by Crippen LogP contribution is -2.31. The van der Waals surface area contributed by atoms with Crippen LogP contribution in [0, 0.1) is 12.8 Å². The number of nitrogens with zero attached hydrogens (tertiary/aromatic N) is 1. The number of aryl methyl sites for hydroxylation is 1. The van der Waals surface area contributed by atoms with Crippen LogP contribution in [0.1, 0.15) is 25.8 Å². The van der Waals surface area contributed by atoms with Crippen molar-refractivity contribution in [2.45, 2.75) is 38.2 Å². The molecule has 0 aromatic heterocycles. The van der Waals surface area contributed by atoms with E-state index in [2.05, 4.69) is 6.58 Å². The molecule has 1 saturated heterocycles. The number of rotatable bonds is 4. The van der Waals surface area contributed by atoms with Crippen LogP contribution >= 0.6 is 0 Å². The maximum Gasteiger partial charge on any atom is 0.243 e. The van der Waals surface area contributed by atoms with Gasteiger partial charge in [0.05, 0.1) is 17.0 Å². The Morgan fingerprint density at radius 3 is 2.48 bits per heavy atom. The normalized spacial score (nSPS) is 24.2. The van der Waals surface area contributed by atoms with Crippen LogP contribution in [0.2, 0.25) is 0 Å². The van der Waals surface area contributed by atoms with Gasteiger partial charge >= 0.3 is 0 Å². The molecule has 0 saturated carbocycles. The zero-order valence-corrected chi connectivity index (χ0v) is 15.6. The van der Waals surface area contributed by atoms with E-state index in [0.29, 0.717) is 23.3 Å². The first-order chi connectivity index (χ1) is 11.8. The molecule has 5 nitrogen and oxygen atoms in total. The molecular weight excluding hydrogens is 338 g/mol. The van der Waals surface area contributed by atoms with E-state index >= 15 is 0 Å². The topological polar surface area (TPSA) is 63.7 Å². The molecule has 25 heavy (non-hydrogen) atoms. The fraction of sp³-hybridized carbons (Fsp3) is 0.421. The molecular formula is C19H23NO4S. The average molecular weight is 361 g/mol. The highest BCUT2D eigenvalue weighted by Crippen LogP contribution is 2.40. The summed E-state index contributed by atoms with van der Waals surface area (Å²) in [7, 11) is -3.59. The van der Waals surface area contributed by atoms with Gasteiger partial charge in [-0.15, -0.1) is 0 Å². The Morgan fingerprint density at radius 2 is 1.92 bits per heavy atom. The van der Waals surface area contributed by atoms with Crippen molar-refractivity contribution in [2.24, 2.45) is 5.92 Å². The van der Waals surface area contributed by atoms with Gasteiger partial charge in [0.25, 0.3) is 0 Å². The van der Waals surface area contributed by atoms with Gasteiger partial charge < -0.3 is 4.74 Å². The summed E-state index contributed by atoms with van der Waals surface area (Å²) in [6.07, 6.45) is 0.299. The van der Waals surface area contributed by atoms with E-state index in [4.69, 9.17) is 4.74 Å². The summed E-state index contributed by atoms with van der Waals surface area (Å²) in [5.41, 5.74) is 2.23. The fourth-order valence-corrected chi connectivity index (χ4v) is 5.02. The molecule has 0 unspecified atom stereocenters. The van der Waals surface area contributed by atoms with E-state index in [9.17, 15) is 13.2 Å². The molecule has 2 atom stereocenters. The van der Waals surface area contributed by atoms with E-state index in [0.717, 1.165) is 5.56 Å². The van der Waals surface area contributed by atoms with Crippen LogP contribution < -0.4 is 0 Å². The summed E-state index contributed by atoms with van der Waals surface area (Å²) in [6, 6.07) is 6.82. The average Bonchev–Trinajstić information content (AvgIpc) is 3.00. The molecule has 0 spiro atoms. The van der Waals surface area contributed by atoms with Crippen molar-refractivity contribution in [2.75, 3.05) is 13.1 Å². The number of benzene rings is 1. The number of allylic oxidation sites excluding steroid dienone is 2. The molecule has 134 valence electrons. The lowest BCUT2D eigenvalue weighted by Gasteiger charge is -2.31. The van der Waals surface area contributed by atoms with Gasteiger partial charge in [0, 0.05) is 18.9 Å². The first-order valence-electron chi connectivity index (χ1n) is 8.42. The molecule has 3 rings (SSSR count). The maximum absolute atomic E-state index is 12.9. The van der Waals surface area contributed by atoms with Gasteiger partial charge in [-0.1, -0.05) is 31.2 Å². The Morgan fingerprint density at radius 1 is 1.28 bits per heavy atom. The largest absolute Gasteiger partial charge is 0.492 e. The van der Waals surface area contributed by atoms with Crippen molar-refractivity contribution >= 4 is 15.8 Å². The molecule has 1 aromatic carbocycles. The Kier molecular flexibility index (Phi) is 4.60. The van der Waals surface area contributed by atoms with E-state index in [1.54, 1.807) is 24.3 Å². The molecule has 2 aliphatic rings. The van der Waals surface area contributed by atoms with Gasteiger partial charge in [0.15, 0.2) is 5.78 Å². The van der Waals surface area contributed by atoms with E-state index in [1.165, 1.54) is 11.2 Å². The van der Waals surface area contributed by atoms with Crippen LogP contribution in [0.4, 0.5) is 0 Å². The Bertz CT molecular complexity index is 852. The molecule has 0 aliphatic carbocycles. The SMILES string of the molecule is C=C1C(C(C)=O)=C(CC)O[C@@H]2CN(S(=O)(=O)c3ccc(C)cc3)C[C@H]12. The van der Waals surface area contributed by atoms with Crippen molar-refractivity contribution in [1.29, 1.82) is 0 Å². The Hall–Kier alpha value is -1.92. The number of ketones is 1. The summed E-state index contributed by atoms with van der Waals surface area (Å²) in [6.45, 7) is 9.97. The quantitative estimate of drug-likeness (QED) is 0.827. The molecule has 6 heteroatoms. The van der Waals surface area contributed by atoms with Gasteiger partial charge in [-0.05, 0) is 31.6 Å². The maximum atomic E-state index is 12.9. The summed E-state index contributed by atoms with van der Waals surface area (Å²) < 4.78 is 33.3. The molecule has 2 heterocycles. The minimum Gasteiger partial charge on any atom is -0.492 e. The molecule has 0 amide bonds. The third-order valence-electron chi connectivity index (χ3n) is 4.91. The first kappa shape index (κ1) is 17.9.